The average molecular weight is 377 g/mol. The van der Waals surface area contributed by atoms with E-state index in [0.717, 1.165) is 51.4 Å². The number of fused-ring (bicyclic) bond motifs is 2. The molecule has 1 aromatic heterocycles. The van der Waals surface area contributed by atoms with Gasteiger partial charge in [0, 0.05) is 50.7 Å². The quantitative estimate of drug-likeness (QED) is 0.882. The van der Waals surface area contributed by atoms with Gasteiger partial charge in [0.2, 0.25) is 11.9 Å². The summed E-state index contributed by atoms with van der Waals surface area (Å²) >= 11 is 0. The molecule has 3 aliphatic rings. The highest BCUT2D eigenvalue weighted by atomic mass is 16.2. The lowest BCUT2D eigenvalue weighted by molar-refractivity contribution is -0.143. The van der Waals surface area contributed by atoms with Gasteiger partial charge in [0.05, 0.1) is 5.41 Å². The molecule has 1 aromatic carbocycles. The molecule has 146 valence electrons. The minimum Gasteiger partial charge on any atom is -0.339 e. The van der Waals surface area contributed by atoms with E-state index >= 15 is 0 Å². The van der Waals surface area contributed by atoms with Crippen LogP contribution in [-0.4, -0.2) is 59.0 Å². The molecular weight excluding hydrogens is 350 g/mol. The summed E-state index contributed by atoms with van der Waals surface area (Å²) in [4.78, 5) is 26.8. The second-order valence-corrected chi connectivity index (χ2v) is 8.34. The molecule has 0 radical (unpaired) electrons. The fourth-order valence-corrected chi connectivity index (χ4v) is 5.34. The molecule has 5 rings (SSSR count). The SMILES string of the molecule is O=C(N1CCN(c2ncccn2)CC1)[C@]1(Cc2ccccc2)C[C@@H]2CC[C@H]1N2. The summed E-state index contributed by atoms with van der Waals surface area (Å²) in [5, 5.41) is 3.72. The van der Waals surface area contributed by atoms with Crippen molar-refractivity contribution < 1.29 is 4.79 Å². The Bertz CT molecular complexity index is 821. The first-order valence-electron chi connectivity index (χ1n) is 10.4. The Kier molecular flexibility index (Phi) is 4.51. The Hall–Kier alpha value is -2.47. The zero-order valence-electron chi connectivity index (χ0n) is 16.1. The van der Waals surface area contributed by atoms with Crippen LogP contribution in [0, 0.1) is 5.41 Å². The molecule has 2 aromatic rings. The van der Waals surface area contributed by atoms with E-state index in [1.54, 1.807) is 12.4 Å². The number of anilines is 1. The molecule has 0 unspecified atom stereocenters. The third kappa shape index (κ3) is 3.05. The van der Waals surface area contributed by atoms with Crippen molar-refractivity contribution in [2.24, 2.45) is 5.41 Å². The predicted octanol–water partition coefficient (Wildman–Crippen LogP) is 1.88. The lowest BCUT2D eigenvalue weighted by Crippen LogP contribution is -2.57. The van der Waals surface area contributed by atoms with Crippen LogP contribution in [0.25, 0.3) is 0 Å². The number of rotatable bonds is 4. The smallest absolute Gasteiger partial charge is 0.230 e. The molecule has 3 saturated heterocycles. The van der Waals surface area contributed by atoms with Crippen LogP contribution in [0.4, 0.5) is 5.95 Å². The number of nitrogens with one attached hydrogen (secondary N) is 1. The van der Waals surface area contributed by atoms with E-state index in [-0.39, 0.29) is 5.41 Å². The fourth-order valence-electron chi connectivity index (χ4n) is 5.34. The van der Waals surface area contributed by atoms with E-state index in [2.05, 4.69) is 49.4 Å². The lowest BCUT2D eigenvalue weighted by Gasteiger charge is -2.42. The lowest BCUT2D eigenvalue weighted by atomic mass is 9.69. The normalized spacial score (nSPS) is 29.3. The fraction of sp³-hybridized carbons (Fsp3) is 0.500. The highest BCUT2D eigenvalue weighted by molar-refractivity contribution is 5.85. The van der Waals surface area contributed by atoms with Crippen molar-refractivity contribution in [2.75, 3.05) is 31.1 Å². The molecule has 0 spiro atoms. The Balaban J connectivity index is 1.33. The maximum atomic E-state index is 13.8. The van der Waals surface area contributed by atoms with Crippen LogP contribution in [0.3, 0.4) is 0 Å². The first-order chi connectivity index (χ1) is 13.7. The minimum absolute atomic E-state index is 0.296. The monoisotopic (exact) mass is 377 g/mol. The number of nitrogens with zero attached hydrogens (tertiary/aromatic N) is 4. The van der Waals surface area contributed by atoms with Gasteiger partial charge in [-0.1, -0.05) is 30.3 Å². The summed E-state index contributed by atoms with van der Waals surface area (Å²) in [5.74, 6) is 1.10. The Morgan fingerprint density at radius 2 is 1.79 bits per heavy atom. The van der Waals surface area contributed by atoms with Gasteiger partial charge in [-0.05, 0) is 37.3 Å². The van der Waals surface area contributed by atoms with Crippen molar-refractivity contribution >= 4 is 11.9 Å². The van der Waals surface area contributed by atoms with Gasteiger partial charge in [-0.2, -0.15) is 0 Å². The highest BCUT2D eigenvalue weighted by Gasteiger charge is 2.56. The van der Waals surface area contributed by atoms with Gasteiger partial charge in [-0.25, -0.2) is 9.97 Å². The van der Waals surface area contributed by atoms with Crippen LogP contribution in [-0.2, 0) is 11.2 Å². The number of piperazine rings is 1. The van der Waals surface area contributed by atoms with Crippen molar-refractivity contribution in [1.82, 2.24) is 20.2 Å². The molecule has 3 atom stereocenters. The van der Waals surface area contributed by atoms with Crippen LogP contribution < -0.4 is 10.2 Å². The van der Waals surface area contributed by atoms with Gasteiger partial charge in [-0.15, -0.1) is 0 Å². The standard InChI is InChI=1S/C22H27N5O/c28-20(26-11-13-27(14-12-26)21-23-9-4-10-24-21)22(15-17-5-2-1-3-6-17)16-18-7-8-19(22)25-18/h1-6,9-10,18-19,25H,7-8,11-16H2/t18-,19+,22+/m0/s1. The number of amides is 1. The van der Waals surface area contributed by atoms with Crippen molar-refractivity contribution in [1.29, 1.82) is 0 Å². The summed E-state index contributed by atoms with van der Waals surface area (Å²) in [7, 11) is 0. The second kappa shape index (κ2) is 7.17. The Morgan fingerprint density at radius 3 is 2.43 bits per heavy atom. The summed E-state index contributed by atoms with van der Waals surface area (Å²) in [6.07, 6.45) is 7.66. The van der Waals surface area contributed by atoms with E-state index in [9.17, 15) is 4.79 Å². The summed E-state index contributed by atoms with van der Waals surface area (Å²) in [6, 6.07) is 13.1. The first-order valence-corrected chi connectivity index (χ1v) is 10.4. The van der Waals surface area contributed by atoms with E-state index in [1.807, 2.05) is 12.1 Å². The molecule has 0 saturated carbocycles. The van der Waals surface area contributed by atoms with Crippen molar-refractivity contribution in [3.8, 4) is 0 Å². The molecule has 3 fully saturated rings. The molecule has 28 heavy (non-hydrogen) atoms. The molecule has 6 heteroatoms. The number of carbonyl (C=O) groups is 1. The topological polar surface area (TPSA) is 61.4 Å². The Labute approximate surface area is 166 Å². The van der Waals surface area contributed by atoms with Gasteiger partial charge in [-0.3, -0.25) is 4.79 Å². The molecule has 2 bridgehead atoms. The number of benzene rings is 1. The molecule has 4 heterocycles. The number of hydrogen-bond donors (Lipinski definition) is 1. The van der Waals surface area contributed by atoms with Crippen LogP contribution in [0.15, 0.2) is 48.8 Å². The Morgan fingerprint density at radius 1 is 1.04 bits per heavy atom. The minimum atomic E-state index is -0.296. The maximum Gasteiger partial charge on any atom is 0.230 e. The van der Waals surface area contributed by atoms with E-state index < -0.39 is 0 Å². The van der Waals surface area contributed by atoms with Crippen molar-refractivity contribution in [3.63, 3.8) is 0 Å². The zero-order chi connectivity index (χ0) is 19.0. The molecular formula is C22H27N5O. The van der Waals surface area contributed by atoms with E-state index in [0.29, 0.717) is 18.0 Å². The molecule has 0 aliphatic carbocycles. The number of hydrogen-bond acceptors (Lipinski definition) is 5. The third-order valence-corrected chi connectivity index (χ3v) is 6.71. The van der Waals surface area contributed by atoms with E-state index in [4.69, 9.17) is 0 Å². The third-order valence-electron chi connectivity index (χ3n) is 6.71. The predicted molar refractivity (Wildman–Crippen MR) is 108 cm³/mol. The van der Waals surface area contributed by atoms with Crippen LogP contribution in [0.1, 0.15) is 24.8 Å². The van der Waals surface area contributed by atoms with E-state index in [1.165, 1.54) is 12.0 Å². The van der Waals surface area contributed by atoms with Crippen LogP contribution in [0.2, 0.25) is 0 Å². The van der Waals surface area contributed by atoms with Gasteiger partial charge in [0.25, 0.3) is 0 Å². The van der Waals surface area contributed by atoms with Crippen molar-refractivity contribution in [3.05, 3.63) is 54.4 Å². The van der Waals surface area contributed by atoms with Crippen LogP contribution in [0.5, 0.6) is 0 Å². The van der Waals surface area contributed by atoms with Crippen molar-refractivity contribution in [2.45, 2.75) is 37.8 Å². The van der Waals surface area contributed by atoms with Gasteiger partial charge < -0.3 is 15.1 Å². The molecule has 6 nitrogen and oxygen atoms in total. The summed E-state index contributed by atoms with van der Waals surface area (Å²) in [5.41, 5.74) is 0.969. The van der Waals surface area contributed by atoms with Gasteiger partial charge in [0.1, 0.15) is 0 Å². The average Bonchev–Trinajstić information content (AvgIpc) is 3.37. The first kappa shape index (κ1) is 17.6. The zero-order valence-corrected chi connectivity index (χ0v) is 16.1. The number of carbonyl (C=O) groups excluding carboxylic acids is 1. The largest absolute Gasteiger partial charge is 0.339 e. The molecule has 1 amide bonds. The summed E-state index contributed by atoms with van der Waals surface area (Å²) < 4.78 is 0. The summed E-state index contributed by atoms with van der Waals surface area (Å²) in [6.45, 7) is 3.06. The van der Waals surface area contributed by atoms with Crippen LogP contribution >= 0.6 is 0 Å². The second-order valence-electron chi connectivity index (χ2n) is 8.34. The van der Waals surface area contributed by atoms with Gasteiger partial charge >= 0.3 is 0 Å². The van der Waals surface area contributed by atoms with Gasteiger partial charge in [0.15, 0.2) is 0 Å². The number of aromatic nitrogens is 2. The molecule has 3 aliphatic heterocycles. The molecule has 1 N–H and O–H groups in total. The highest BCUT2D eigenvalue weighted by Crippen LogP contribution is 2.47. The maximum absolute atomic E-state index is 13.8.